The van der Waals surface area contributed by atoms with E-state index in [1.54, 1.807) is 10.6 Å². The maximum Gasteiger partial charge on any atom is 0.262 e. The summed E-state index contributed by atoms with van der Waals surface area (Å²) in [6, 6.07) is 20.8. The highest BCUT2D eigenvalue weighted by Gasteiger charge is 2.43. The van der Waals surface area contributed by atoms with Crippen LogP contribution < -0.4 is 4.74 Å². The van der Waals surface area contributed by atoms with Gasteiger partial charge in [-0.1, -0.05) is 48.0 Å². The molecule has 0 unspecified atom stereocenters. The molecule has 0 saturated heterocycles. The van der Waals surface area contributed by atoms with Gasteiger partial charge >= 0.3 is 0 Å². The summed E-state index contributed by atoms with van der Waals surface area (Å²) >= 11 is 6.30. The van der Waals surface area contributed by atoms with E-state index in [0.29, 0.717) is 34.7 Å². The fourth-order valence-corrected chi connectivity index (χ4v) is 5.28. The van der Waals surface area contributed by atoms with Crippen LogP contribution in [-0.2, 0) is 12.8 Å². The van der Waals surface area contributed by atoms with Crippen LogP contribution in [0.4, 0.5) is 0 Å². The normalized spacial score (nSPS) is 19.1. The van der Waals surface area contributed by atoms with E-state index in [4.69, 9.17) is 16.3 Å². The standard InChI is InChI=1S/C27H20ClNO3/c1-15-11-24-19(12-21(15)28)26(30)20-13-23-18(14-25(20)32-24)17-9-5-6-10-22(17)29(23)27(31)16-7-3-2-4-8-16/h2-12,20,25H,13-14H2,1H3/t20-,25+/m1/s1. The molecule has 1 aliphatic heterocycles. The minimum absolute atomic E-state index is 0.0350. The van der Waals surface area contributed by atoms with Crippen LogP contribution in [0, 0.1) is 12.8 Å². The first-order valence-corrected chi connectivity index (χ1v) is 11.1. The Labute approximate surface area is 190 Å². The number of fused-ring (bicyclic) bond motifs is 5. The van der Waals surface area contributed by atoms with Crippen LogP contribution in [0.15, 0.2) is 66.7 Å². The van der Waals surface area contributed by atoms with Crippen LogP contribution in [-0.4, -0.2) is 22.4 Å². The van der Waals surface area contributed by atoms with Crippen LogP contribution in [0.5, 0.6) is 5.75 Å². The summed E-state index contributed by atoms with van der Waals surface area (Å²) in [6.45, 7) is 1.91. The Bertz CT molecular complexity index is 1420. The summed E-state index contributed by atoms with van der Waals surface area (Å²) in [5.41, 5.74) is 4.90. The van der Waals surface area contributed by atoms with Gasteiger partial charge in [0.05, 0.1) is 17.0 Å². The van der Waals surface area contributed by atoms with Gasteiger partial charge in [-0.15, -0.1) is 0 Å². The minimum Gasteiger partial charge on any atom is -0.489 e. The van der Waals surface area contributed by atoms with Crippen LogP contribution in [0.25, 0.3) is 10.9 Å². The van der Waals surface area contributed by atoms with Gasteiger partial charge in [0, 0.05) is 34.5 Å². The molecule has 0 spiro atoms. The average Bonchev–Trinajstić information content (AvgIpc) is 3.13. The molecule has 2 aliphatic rings. The number of carbonyl (C=O) groups excluding carboxylic acids is 2. The molecule has 32 heavy (non-hydrogen) atoms. The van der Waals surface area contributed by atoms with E-state index in [-0.39, 0.29) is 23.7 Å². The van der Waals surface area contributed by atoms with Gasteiger partial charge in [0.25, 0.3) is 5.91 Å². The van der Waals surface area contributed by atoms with Crippen LogP contribution >= 0.6 is 11.6 Å². The lowest BCUT2D eigenvalue weighted by atomic mass is 9.78. The first kappa shape index (κ1) is 19.3. The summed E-state index contributed by atoms with van der Waals surface area (Å²) in [6.07, 6.45) is 0.786. The number of rotatable bonds is 1. The number of benzene rings is 3. The van der Waals surface area contributed by atoms with Gasteiger partial charge in [-0.2, -0.15) is 0 Å². The first-order chi connectivity index (χ1) is 15.5. The van der Waals surface area contributed by atoms with Crippen molar-refractivity contribution in [2.45, 2.75) is 25.9 Å². The van der Waals surface area contributed by atoms with Crippen molar-refractivity contribution >= 4 is 34.2 Å². The highest BCUT2D eigenvalue weighted by Crippen LogP contribution is 2.42. The number of ketones is 1. The summed E-state index contributed by atoms with van der Waals surface area (Å²) in [5, 5.41) is 1.60. The molecule has 0 radical (unpaired) electrons. The van der Waals surface area contributed by atoms with Gasteiger partial charge in [0.1, 0.15) is 11.9 Å². The lowest BCUT2D eigenvalue weighted by Gasteiger charge is -2.36. The van der Waals surface area contributed by atoms with Crippen molar-refractivity contribution in [3.63, 3.8) is 0 Å². The Morgan fingerprint density at radius 2 is 1.78 bits per heavy atom. The van der Waals surface area contributed by atoms with E-state index < -0.39 is 0 Å². The maximum absolute atomic E-state index is 13.5. The lowest BCUT2D eigenvalue weighted by molar-refractivity contribution is 0.0626. The largest absolute Gasteiger partial charge is 0.489 e. The van der Waals surface area contributed by atoms with Crippen molar-refractivity contribution in [1.82, 2.24) is 4.57 Å². The number of hydrogen-bond donors (Lipinski definition) is 0. The van der Waals surface area contributed by atoms with Crippen molar-refractivity contribution in [1.29, 1.82) is 0 Å². The fourth-order valence-electron chi connectivity index (χ4n) is 5.12. The summed E-state index contributed by atoms with van der Waals surface area (Å²) in [7, 11) is 0. The average molecular weight is 442 g/mol. The number of aromatic nitrogens is 1. The molecule has 4 aromatic rings. The highest BCUT2D eigenvalue weighted by atomic mass is 35.5. The van der Waals surface area contributed by atoms with Crippen molar-refractivity contribution < 1.29 is 14.3 Å². The number of aryl methyl sites for hydroxylation is 1. The molecule has 0 N–H and O–H groups in total. The molecular formula is C27H20ClNO3. The molecule has 0 fully saturated rings. The van der Waals surface area contributed by atoms with Crippen LogP contribution in [0.3, 0.4) is 0 Å². The van der Waals surface area contributed by atoms with E-state index in [1.807, 2.05) is 67.6 Å². The second kappa shape index (κ2) is 7.07. The smallest absolute Gasteiger partial charge is 0.262 e. The van der Waals surface area contributed by atoms with Gasteiger partial charge in [-0.3, -0.25) is 14.2 Å². The molecule has 3 aromatic carbocycles. The molecule has 0 saturated carbocycles. The summed E-state index contributed by atoms with van der Waals surface area (Å²) < 4.78 is 8.12. The van der Waals surface area contributed by atoms with Crippen molar-refractivity contribution in [3.05, 3.63) is 99.7 Å². The van der Waals surface area contributed by atoms with Gasteiger partial charge < -0.3 is 4.74 Å². The van der Waals surface area contributed by atoms with Gasteiger partial charge in [-0.05, 0) is 48.4 Å². The zero-order valence-electron chi connectivity index (χ0n) is 17.5. The Kier molecular flexibility index (Phi) is 4.27. The number of halogens is 1. The Balaban J connectivity index is 1.50. The molecule has 1 aromatic heterocycles. The second-order valence-electron chi connectivity index (χ2n) is 8.58. The fraction of sp³-hybridized carbons (Fsp3) is 0.185. The number of nitrogens with zero attached hydrogens (tertiary/aromatic N) is 1. The van der Waals surface area contributed by atoms with Crippen LogP contribution in [0.1, 0.15) is 37.5 Å². The van der Waals surface area contributed by atoms with Crippen molar-refractivity contribution in [2.24, 2.45) is 5.92 Å². The zero-order chi connectivity index (χ0) is 22.0. The monoisotopic (exact) mass is 441 g/mol. The zero-order valence-corrected chi connectivity index (χ0v) is 18.2. The third-order valence-corrected chi connectivity index (χ3v) is 7.13. The van der Waals surface area contributed by atoms with E-state index in [2.05, 4.69) is 0 Å². The molecule has 5 heteroatoms. The van der Waals surface area contributed by atoms with Gasteiger partial charge in [0.2, 0.25) is 0 Å². The van der Waals surface area contributed by atoms with E-state index >= 15 is 0 Å². The quantitative estimate of drug-likeness (QED) is 0.383. The number of carbonyl (C=O) groups is 2. The second-order valence-corrected chi connectivity index (χ2v) is 8.99. The molecule has 0 amide bonds. The molecule has 158 valence electrons. The molecule has 6 rings (SSSR count). The van der Waals surface area contributed by atoms with Crippen molar-refractivity contribution in [3.8, 4) is 5.75 Å². The number of Topliss-reactive ketones (excluding diaryl/α,β-unsaturated/α-hetero) is 1. The molecule has 2 atom stereocenters. The van der Waals surface area contributed by atoms with Crippen molar-refractivity contribution in [2.75, 3.05) is 0 Å². The Morgan fingerprint density at radius 1 is 1.03 bits per heavy atom. The number of para-hydroxylation sites is 1. The summed E-state index contributed by atoms with van der Waals surface area (Å²) in [4.78, 5) is 27.0. The van der Waals surface area contributed by atoms with E-state index in [1.165, 1.54) is 0 Å². The Morgan fingerprint density at radius 3 is 2.59 bits per heavy atom. The predicted molar refractivity (Wildman–Crippen MR) is 124 cm³/mol. The molecule has 1 aliphatic carbocycles. The van der Waals surface area contributed by atoms with E-state index in [0.717, 1.165) is 27.7 Å². The summed E-state index contributed by atoms with van der Waals surface area (Å²) in [5.74, 6) is 0.212. The molecule has 4 nitrogen and oxygen atoms in total. The minimum atomic E-state index is -0.347. The topological polar surface area (TPSA) is 48.3 Å². The highest BCUT2D eigenvalue weighted by molar-refractivity contribution is 6.32. The first-order valence-electron chi connectivity index (χ1n) is 10.7. The number of ether oxygens (including phenoxy) is 1. The predicted octanol–water partition coefficient (Wildman–Crippen LogP) is 5.65. The van der Waals surface area contributed by atoms with E-state index in [9.17, 15) is 9.59 Å². The number of hydrogen-bond acceptors (Lipinski definition) is 3. The SMILES string of the molecule is Cc1cc2c(cc1Cl)C(=O)[C@@H]1Cc3c(c4ccccc4n3C(=O)c3ccccc3)C[C@@H]1O2. The molecular weight excluding hydrogens is 422 g/mol. The molecule has 2 heterocycles. The Hall–Kier alpha value is -3.37. The molecule has 0 bridgehead atoms. The van der Waals surface area contributed by atoms with Crippen LogP contribution in [0.2, 0.25) is 5.02 Å². The maximum atomic E-state index is 13.5. The lowest BCUT2D eigenvalue weighted by Crippen LogP contribution is -2.43. The van der Waals surface area contributed by atoms with Gasteiger partial charge in [0.15, 0.2) is 5.78 Å². The third-order valence-electron chi connectivity index (χ3n) is 6.72. The van der Waals surface area contributed by atoms with Gasteiger partial charge in [-0.25, -0.2) is 0 Å². The third kappa shape index (κ3) is 2.76.